The highest BCUT2D eigenvalue weighted by Crippen LogP contribution is 2.36. The first kappa shape index (κ1) is 36.4. The van der Waals surface area contributed by atoms with Gasteiger partial charge in [-0.15, -0.1) is 0 Å². The van der Waals surface area contributed by atoms with Crippen LogP contribution in [0.5, 0.6) is 0 Å². The third kappa shape index (κ3) is 7.06. The van der Waals surface area contributed by atoms with Crippen LogP contribution in [0.4, 0.5) is 9.59 Å². The number of H-pyrrole nitrogens is 2. The summed E-state index contributed by atoms with van der Waals surface area (Å²) in [5, 5.41) is 5.50. The summed E-state index contributed by atoms with van der Waals surface area (Å²) in [6, 6.07) is 17.4. The van der Waals surface area contributed by atoms with E-state index in [2.05, 4.69) is 67.5 Å². The molecule has 0 radical (unpaired) electrons. The lowest BCUT2D eigenvalue weighted by atomic mass is 9.99. The van der Waals surface area contributed by atoms with E-state index in [0.29, 0.717) is 18.9 Å². The first-order valence-electron chi connectivity index (χ1n) is 18.2. The Kier molecular flexibility index (Phi) is 10.2. The standard InChI is InChI=1S/C39H45N9O6/c1-22(2)34(48(40)39(52)54-4)37(50)47-16-6-8-32(47)36-43-28-14-13-26(19-29(28)44-36)24-9-10-25-18-27(12-11-23(25)17-24)30-20-41-35(45-30)31-7-5-15-46(31)33(49)21-42-38(51)53-3/h9-14,17-20,22,31-32,34H,5-8,15-16,21,40H2,1-4H3,(H,41,45)(H,42,51)(H,43,44)/t31-,32-,34-/m0/s1. The molecule has 0 bridgehead atoms. The number of ether oxygens (including phenoxy) is 2. The molecule has 3 aromatic carbocycles. The summed E-state index contributed by atoms with van der Waals surface area (Å²) in [6.45, 7) is 4.72. The van der Waals surface area contributed by atoms with E-state index in [0.717, 1.165) is 80.7 Å². The van der Waals surface area contributed by atoms with E-state index in [9.17, 15) is 19.2 Å². The second kappa shape index (κ2) is 15.2. The number of rotatable bonds is 9. The van der Waals surface area contributed by atoms with E-state index in [1.165, 1.54) is 14.2 Å². The zero-order valence-corrected chi connectivity index (χ0v) is 30.8. The molecule has 2 saturated heterocycles. The van der Waals surface area contributed by atoms with Gasteiger partial charge in [-0.2, -0.15) is 0 Å². The van der Waals surface area contributed by atoms with Gasteiger partial charge in [-0.05, 0) is 77.8 Å². The number of fused-ring (bicyclic) bond motifs is 2. The van der Waals surface area contributed by atoms with Crippen LogP contribution in [0, 0.1) is 5.92 Å². The number of hydrogen-bond donors (Lipinski definition) is 4. The van der Waals surface area contributed by atoms with Crippen molar-refractivity contribution in [3.8, 4) is 22.4 Å². The molecule has 4 amide bonds. The van der Waals surface area contributed by atoms with Crippen LogP contribution in [-0.4, -0.2) is 98.6 Å². The number of nitrogens with zero attached hydrogens (tertiary/aromatic N) is 5. The van der Waals surface area contributed by atoms with Gasteiger partial charge in [0, 0.05) is 18.7 Å². The number of imidazole rings is 2. The number of nitrogens with two attached hydrogens (primary N) is 1. The molecular formula is C39H45N9O6. The number of benzene rings is 3. The minimum absolute atomic E-state index is 0.129. The maximum absolute atomic E-state index is 13.8. The van der Waals surface area contributed by atoms with Crippen molar-refractivity contribution >= 4 is 45.8 Å². The fourth-order valence-corrected chi connectivity index (χ4v) is 7.71. The molecular weight excluding hydrogens is 690 g/mol. The SMILES string of the molecule is COC(=O)NCC(=O)N1CCC[C@H]1c1ncc(-c2ccc3cc(-c4ccc5nc([C@@H]6CCCN6C(=O)[C@H](C(C)C)N(N)C(=O)OC)[nH]c5c4)ccc3c2)[nH]1. The maximum Gasteiger partial charge on any atom is 0.424 e. The number of carbonyl (C=O) groups excluding carboxylic acids is 4. The average molecular weight is 736 g/mol. The van der Waals surface area contributed by atoms with E-state index >= 15 is 0 Å². The van der Waals surface area contributed by atoms with Gasteiger partial charge in [0.2, 0.25) is 11.8 Å². The summed E-state index contributed by atoms with van der Waals surface area (Å²) >= 11 is 0. The average Bonchev–Trinajstić information content (AvgIpc) is 4.01. The number of nitrogens with one attached hydrogen (secondary N) is 3. The van der Waals surface area contributed by atoms with Crippen LogP contribution in [0.1, 0.15) is 63.3 Å². The number of hydrazine groups is 1. The molecule has 2 aromatic heterocycles. The lowest BCUT2D eigenvalue weighted by molar-refractivity contribution is -0.139. The van der Waals surface area contributed by atoms with E-state index in [1.54, 1.807) is 16.0 Å². The highest BCUT2D eigenvalue weighted by atomic mass is 16.5. The lowest BCUT2D eigenvalue weighted by Gasteiger charge is -2.33. The summed E-state index contributed by atoms with van der Waals surface area (Å²) in [5.74, 6) is 6.83. The van der Waals surface area contributed by atoms with Gasteiger partial charge in [0.15, 0.2) is 0 Å². The number of amides is 4. The fourth-order valence-electron chi connectivity index (χ4n) is 7.71. The molecule has 7 rings (SSSR count). The topological polar surface area (TPSA) is 192 Å². The second-order valence-electron chi connectivity index (χ2n) is 14.2. The number of alkyl carbamates (subject to hydrolysis) is 1. The number of hydrogen-bond acceptors (Lipinski definition) is 9. The van der Waals surface area contributed by atoms with Crippen LogP contribution in [0.15, 0.2) is 60.8 Å². The summed E-state index contributed by atoms with van der Waals surface area (Å²) in [7, 11) is 2.51. The van der Waals surface area contributed by atoms with Gasteiger partial charge in [0.1, 0.15) is 24.2 Å². The quantitative estimate of drug-likeness (QED) is 0.0869. The number of aromatic nitrogens is 4. The van der Waals surface area contributed by atoms with Crippen molar-refractivity contribution in [2.45, 2.75) is 57.7 Å². The lowest BCUT2D eigenvalue weighted by Crippen LogP contribution is -2.56. The van der Waals surface area contributed by atoms with E-state index in [4.69, 9.17) is 15.6 Å². The van der Waals surface area contributed by atoms with Crippen LogP contribution in [0.25, 0.3) is 44.2 Å². The fraction of sp³-hybridized carbons (Fsp3) is 0.385. The molecule has 2 fully saturated rings. The highest BCUT2D eigenvalue weighted by Gasteiger charge is 2.40. The van der Waals surface area contributed by atoms with Gasteiger partial charge in [-0.1, -0.05) is 44.2 Å². The minimum Gasteiger partial charge on any atom is -0.453 e. The van der Waals surface area contributed by atoms with E-state index in [1.807, 2.05) is 26.0 Å². The summed E-state index contributed by atoms with van der Waals surface area (Å²) in [6.07, 6.45) is 3.59. The number of methoxy groups -OCH3 is 2. The molecule has 15 nitrogen and oxygen atoms in total. The van der Waals surface area contributed by atoms with Crippen molar-refractivity contribution < 1.29 is 28.7 Å². The molecule has 5 N–H and O–H groups in total. The third-order valence-electron chi connectivity index (χ3n) is 10.5. The molecule has 54 heavy (non-hydrogen) atoms. The Morgan fingerprint density at radius 3 is 2.22 bits per heavy atom. The summed E-state index contributed by atoms with van der Waals surface area (Å²) in [4.78, 5) is 70.2. The predicted octanol–water partition coefficient (Wildman–Crippen LogP) is 5.42. The number of likely N-dealkylation sites (tertiary alicyclic amines) is 2. The molecule has 2 aliphatic rings. The van der Waals surface area contributed by atoms with Gasteiger partial charge < -0.3 is 34.6 Å². The Hall–Kier alpha value is -5.96. The van der Waals surface area contributed by atoms with Crippen LogP contribution in [0.2, 0.25) is 0 Å². The first-order chi connectivity index (χ1) is 26.1. The molecule has 15 heteroatoms. The van der Waals surface area contributed by atoms with Crippen molar-refractivity contribution in [3.05, 3.63) is 72.4 Å². The highest BCUT2D eigenvalue weighted by molar-refractivity contribution is 5.92. The monoisotopic (exact) mass is 735 g/mol. The molecule has 0 spiro atoms. The van der Waals surface area contributed by atoms with Gasteiger partial charge in [-0.3, -0.25) is 9.59 Å². The molecule has 0 saturated carbocycles. The predicted molar refractivity (Wildman–Crippen MR) is 201 cm³/mol. The van der Waals surface area contributed by atoms with Crippen molar-refractivity contribution in [3.63, 3.8) is 0 Å². The second-order valence-corrected chi connectivity index (χ2v) is 14.2. The molecule has 282 valence electrons. The molecule has 0 aliphatic carbocycles. The van der Waals surface area contributed by atoms with Gasteiger partial charge in [0.05, 0.1) is 49.2 Å². The molecule has 4 heterocycles. The normalized spacial score (nSPS) is 17.7. The smallest absolute Gasteiger partial charge is 0.424 e. The van der Waals surface area contributed by atoms with Crippen LogP contribution in [-0.2, 0) is 19.1 Å². The Labute approximate surface area is 312 Å². The molecule has 5 aromatic rings. The van der Waals surface area contributed by atoms with Crippen LogP contribution < -0.4 is 11.2 Å². The largest absolute Gasteiger partial charge is 0.453 e. The zero-order chi connectivity index (χ0) is 38.1. The van der Waals surface area contributed by atoms with Crippen molar-refractivity contribution in [2.24, 2.45) is 11.8 Å². The molecule has 3 atom stereocenters. The minimum atomic E-state index is -0.862. The van der Waals surface area contributed by atoms with Crippen LogP contribution >= 0.6 is 0 Å². The number of aromatic amines is 2. The van der Waals surface area contributed by atoms with Gasteiger partial charge >= 0.3 is 12.2 Å². The van der Waals surface area contributed by atoms with Gasteiger partial charge in [0.25, 0.3) is 0 Å². The zero-order valence-electron chi connectivity index (χ0n) is 30.8. The Morgan fingerprint density at radius 1 is 0.870 bits per heavy atom. The molecule has 0 unspecified atom stereocenters. The van der Waals surface area contributed by atoms with Crippen molar-refractivity contribution in [1.29, 1.82) is 0 Å². The molecule has 2 aliphatic heterocycles. The van der Waals surface area contributed by atoms with E-state index < -0.39 is 18.2 Å². The Bertz CT molecular complexity index is 2210. The van der Waals surface area contributed by atoms with Crippen molar-refractivity contribution in [2.75, 3.05) is 33.9 Å². The summed E-state index contributed by atoms with van der Waals surface area (Å²) in [5.41, 5.74) is 5.58. The third-order valence-corrected chi connectivity index (χ3v) is 10.5. The van der Waals surface area contributed by atoms with Crippen LogP contribution in [0.3, 0.4) is 0 Å². The van der Waals surface area contributed by atoms with Crippen molar-refractivity contribution in [1.82, 2.24) is 40.1 Å². The van der Waals surface area contributed by atoms with E-state index in [-0.39, 0.29) is 36.4 Å². The first-order valence-corrected chi connectivity index (χ1v) is 18.2. The number of carbonyl (C=O) groups is 4. The Balaban J connectivity index is 1.07. The Morgan fingerprint density at radius 2 is 1.52 bits per heavy atom. The maximum atomic E-state index is 13.8. The van der Waals surface area contributed by atoms with Gasteiger partial charge in [-0.25, -0.2) is 30.4 Å². The summed E-state index contributed by atoms with van der Waals surface area (Å²) < 4.78 is 9.37.